The van der Waals surface area contributed by atoms with Crippen molar-refractivity contribution in [1.82, 2.24) is 14.5 Å². The maximum Gasteiger partial charge on any atom is 0.259 e. The Labute approximate surface area is 194 Å². The van der Waals surface area contributed by atoms with E-state index in [0.29, 0.717) is 23.2 Å². The quantitative estimate of drug-likeness (QED) is 0.429. The summed E-state index contributed by atoms with van der Waals surface area (Å²) in [6.07, 6.45) is 1.10. The van der Waals surface area contributed by atoms with Crippen molar-refractivity contribution in [2.24, 2.45) is 0 Å². The van der Waals surface area contributed by atoms with Gasteiger partial charge in [-0.25, -0.2) is 4.39 Å². The molecule has 2 N–H and O–H groups in total. The fraction of sp³-hybridized carbons (Fsp3) is 0.231. The third-order valence-electron chi connectivity index (χ3n) is 6.67. The van der Waals surface area contributed by atoms with Gasteiger partial charge < -0.3 is 19.0 Å². The molecular weight excluding hydrogens is 437 g/mol. The van der Waals surface area contributed by atoms with E-state index >= 15 is 4.39 Å². The molecule has 2 aliphatic heterocycles. The number of carbonyl (C=O) groups is 2. The number of fused-ring (bicyclic) bond motifs is 12. The molecule has 0 saturated heterocycles. The molecule has 7 nitrogen and oxygen atoms in total. The van der Waals surface area contributed by atoms with E-state index in [1.165, 1.54) is 0 Å². The highest BCUT2D eigenvalue weighted by molar-refractivity contribution is 6.50. The number of benzene rings is 2. The molecular formula is C26H22FN3O4. The van der Waals surface area contributed by atoms with Gasteiger partial charge in [0.2, 0.25) is 0 Å². The van der Waals surface area contributed by atoms with Crippen molar-refractivity contribution in [3.05, 3.63) is 72.1 Å². The van der Waals surface area contributed by atoms with Crippen LogP contribution in [-0.4, -0.2) is 51.5 Å². The van der Waals surface area contributed by atoms with Crippen LogP contribution in [0.15, 0.2) is 60.9 Å². The summed E-state index contributed by atoms with van der Waals surface area (Å²) in [7, 11) is 0. The maximum atomic E-state index is 15.3. The molecule has 0 unspecified atom stereocenters. The molecule has 6 rings (SSSR count). The summed E-state index contributed by atoms with van der Waals surface area (Å²) >= 11 is 0. The number of imide groups is 1. The number of carbonyl (C=O) groups excluding carboxylic acids is 2. The van der Waals surface area contributed by atoms with Gasteiger partial charge in [0.05, 0.1) is 30.9 Å². The molecule has 0 aliphatic carbocycles. The molecule has 8 heteroatoms. The van der Waals surface area contributed by atoms with Crippen molar-refractivity contribution in [3.63, 3.8) is 0 Å². The first-order valence-electron chi connectivity index (χ1n) is 11.2. The second-order valence-corrected chi connectivity index (χ2v) is 8.61. The lowest BCUT2D eigenvalue weighted by Gasteiger charge is -2.21. The molecule has 34 heavy (non-hydrogen) atoms. The lowest BCUT2D eigenvalue weighted by molar-refractivity contribution is -0.122. The molecule has 0 spiro atoms. The van der Waals surface area contributed by atoms with Gasteiger partial charge in [0.1, 0.15) is 12.3 Å². The minimum atomic E-state index is -1.47. The summed E-state index contributed by atoms with van der Waals surface area (Å²) in [6, 6.07) is 15.0. The van der Waals surface area contributed by atoms with E-state index in [1.54, 1.807) is 10.8 Å². The first-order chi connectivity index (χ1) is 16.6. The van der Waals surface area contributed by atoms with Crippen molar-refractivity contribution in [2.45, 2.75) is 25.4 Å². The highest BCUT2D eigenvalue weighted by Crippen LogP contribution is 2.39. The molecule has 2 aliphatic rings. The monoisotopic (exact) mass is 459 g/mol. The first-order valence-corrected chi connectivity index (χ1v) is 11.2. The highest BCUT2D eigenvalue weighted by atomic mass is 19.1. The number of aromatic nitrogens is 2. The maximum absolute atomic E-state index is 15.3. The van der Waals surface area contributed by atoms with Crippen LogP contribution in [0.1, 0.15) is 11.1 Å². The van der Waals surface area contributed by atoms with Crippen LogP contribution >= 0.6 is 0 Å². The number of para-hydroxylation sites is 2. The number of rotatable bonds is 1. The average Bonchev–Trinajstić information content (AvgIpc) is 3.47. The molecule has 0 fully saturated rings. The van der Waals surface area contributed by atoms with Crippen molar-refractivity contribution < 1.29 is 23.8 Å². The fourth-order valence-corrected chi connectivity index (χ4v) is 5.08. The largest absolute Gasteiger partial charge is 0.394 e. The van der Waals surface area contributed by atoms with Crippen LogP contribution in [0.25, 0.3) is 33.0 Å². The fourth-order valence-electron chi connectivity index (χ4n) is 5.08. The molecule has 4 bridgehead atoms. The van der Waals surface area contributed by atoms with Gasteiger partial charge in [0.25, 0.3) is 11.8 Å². The predicted molar refractivity (Wildman–Crippen MR) is 126 cm³/mol. The molecule has 0 saturated carbocycles. The smallest absolute Gasteiger partial charge is 0.259 e. The Morgan fingerprint density at radius 1 is 0.912 bits per heavy atom. The summed E-state index contributed by atoms with van der Waals surface area (Å²) in [6.45, 7) is 0.0701. The molecule has 2 aromatic carbocycles. The van der Waals surface area contributed by atoms with Gasteiger partial charge in [0.15, 0.2) is 0 Å². The third kappa shape index (κ3) is 3.10. The Morgan fingerprint density at radius 3 is 2.09 bits per heavy atom. The minimum Gasteiger partial charge on any atom is -0.394 e. The third-order valence-corrected chi connectivity index (χ3v) is 6.67. The number of aliphatic hydroxyl groups excluding tert-OH is 1. The topological polar surface area (TPSA) is 85.5 Å². The zero-order valence-electron chi connectivity index (χ0n) is 18.2. The SMILES string of the molecule is O=C1NC(=O)C2=C1c1cn(c3ccccc13)CCO[C@H](CO)[C@H](F)Cn1cc2c2ccccc21. The minimum absolute atomic E-state index is 0.0590. The van der Waals surface area contributed by atoms with Gasteiger partial charge >= 0.3 is 0 Å². The number of nitrogens with zero attached hydrogens (tertiary/aromatic N) is 2. The van der Waals surface area contributed by atoms with Crippen LogP contribution in [0.4, 0.5) is 4.39 Å². The Bertz CT molecular complexity index is 1500. The van der Waals surface area contributed by atoms with E-state index in [1.807, 2.05) is 59.3 Å². The number of ether oxygens (including phenoxy) is 1. The lowest BCUT2D eigenvalue weighted by atomic mass is 9.95. The van der Waals surface area contributed by atoms with Crippen molar-refractivity contribution in [2.75, 3.05) is 13.2 Å². The van der Waals surface area contributed by atoms with E-state index in [2.05, 4.69) is 5.32 Å². The number of alkyl halides is 1. The van der Waals surface area contributed by atoms with Crippen LogP contribution in [-0.2, 0) is 27.4 Å². The van der Waals surface area contributed by atoms with Gasteiger partial charge in [-0.05, 0) is 12.1 Å². The molecule has 2 amide bonds. The lowest BCUT2D eigenvalue weighted by Crippen LogP contribution is -2.33. The summed E-state index contributed by atoms with van der Waals surface area (Å²) in [5, 5.41) is 13.8. The first kappa shape index (κ1) is 20.8. The molecule has 2 atom stereocenters. The number of hydrogen-bond acceptors (Lipinski definition) is 4. The summed E-state index contributed by atoms with van der Waals surface area (Å²) < 4.78 is 24.7. The van der Waals surface area contributed by atoms with Crippen LogP contribution in [0.3, 0.4) is 0 Å². The van der Waals surface area contributed by atoms with Gasteiger partial charge in [-0.15, -0.1) is 0 Å². The summed E-state index contributed by atoms with van der Waals surface area (Å²) in [5.74, 6) is -0.924. The molecule has 172 valence electrons. The van der Waals surface area contributed by atoms with Crippen LogP contribution in [0, 0.1) is 0 Å². The van der Waals surface area contributed by atoms with Crippen LogP contribution in [0.2, 0.25) is 0 Å². The van der Waals surface area contributed by atoms with Crippen LogP contribution < -0.4 is 5.32 Å². The number of nitrogens with one attached hydrogen (secondary N) is 1. The Kier molecular flexibility index (Phi) is 4.86. The van der Waals surface area contributed by atoms with Gasteiger partial charge in [-0.2, -0.15) is 0 Å². The Hall–Kier alpha value is -3.75. The van der Waals surface area contributed by atoms with Crippen molar-refractivity contribution in [1.29, 1.82) is 0 Å². The zero-order chi connectivity index (χ0) is 23.4. The zero-order valence-corrected chi connectivity index (χ0v) is 18.2. The number of amides is 2. The second kappa shape index (κ2) is 7.93. The molecule has 2 aromatic heterocycles. The summed E-state index contributed by atoms with van der Waals surface area (Å²) in [4.78, 5) is 26.2. The van der Waals surface area contributed by atoms with Crippen molar-refractivity contribution >= 4 is 44.8 Å². The predicted octanol–water partition coefficient (Wildman–Crippen LogP) is 2.89. The van der Waals surface area contributed by atoms with Gasteiger partial charge in [-0.3, -0.25) is 14.9 Å². The average molecular weight is 459 g/mol. The Balaban J connectivity index is 1.68. The normalized spacial score (nSPS) is 21.1. The van der Waals surface area contributed by atoms with E-state index in [0.717, 1.165) is 21.8 Å². The molecule has 4 heterocycles. The second-order valence-electron chi connectivity index (χ2n) is 8.61. The van der Waals surface area contributed by atoms with E-state index < -0.39 is 30.7 Å². The number of halogens is 1. The Morgan fingerprint density at radius 2 is 1.47 bits per heavy atom. The molecule has 0 radical (unpaired) electrons. The number of hydrogen-bond donors (Lipinski definition) is 2. The molecule has 4 aromatic rings. The van der Waals surface area contributed by atoms with E-state index in [9.17, 15) is 14.7 Å². The number of aliphatic hydroxyl groups is 1. The highest BCUT2D eigenvalue weighted by Gasteiger charge is 2.36. The summed E-state index contributed by atoms with van der Waals surface area (Å²) in [5.41, 5.74) is 3.42. The van der Waals surface area contributed by atoms with Crippen molar-refractivity contribution in [3.8, 4) is 0 Å². The van der Waals surface area contributed by atoms with E-state index in [4.69, 9.17) is 4.74 Å². The standard InChI is InChI=1S/C26H22FN3O4/c27-19-13-30-12-18(16-6-2-4-8-21(16)30)24-23(25(32)28-26(24)33)17-11-29(9-10-34-22(19)14-31)20-7-3-1-5-15(17)20/h1-8,11-12,19,22,31H,9-10,13-14H2,(H,28,32,33)/t19-,22-/m1/s1. The van der Waals surface area contributed by atoms with Crippen LogP contribution in [0.5, 0.6) is 0 Å². The van der Waals surface area contributed by atoms with Gasteiger partial charge in [-0.1, -0.05) is 36.4 Å². The van der Waals surface area contributed by atoms with Gasteiger partial charge in [0, 0.05) is 51.9 Å². The van der Waals surface area contributed by atoms with E-state index in [-0.39, 0.29) is 18.7 Å².